The Balaban J connectivity index is 1.61. The predicted molar refractivity (Wildman–Crippen MR) is 120 cm³/mol. The van der Waals surface area contributed by atoms with Crippen molar-refractivity contribution in [3.63, 3.8) is 0 Å². The molecule has 0 N–H and O–H groups in total. The van der Waals surface area contributed by atoms with Gasteiger partial charge in [0.15, 0.2) is 0 Å². The maximum absolute atomic E-state index is 13.9. The van der Waals surface area contributed by atoms with E-state index in [1.807, 2.05) is 37.3 Å². The summed E-state index contributed by atoms with van der Waals surface area (Å²) in [5.74, 6) is 0.159. The summed E-state index contributed by atoms with van der Waals surface area (Å²) in [7, 11) is 0. The number of carbonyl (C=O) groups is 2. The van der Waals surface area contributed by atoms with Crippen LogP contribution in [0.4, 0.5) is 0 Å². The molecule has 3 heterocycles. The van der Waals surface area contributed by atoms with E-state index in [2.05, 4.69) is 33.8 Å². The highest BCUT2D eigenvalue weighted by Crippen LogP contribution is 2.56. The molecule has 5 nitrogen and oxygen atoms in total. The Morgan fingerprint density at radius 3 is 2.45 bits per heavy atom. The van der Waals surface area contributed by atoms with Crippen molar-refractivity contribution in [2.45, 2.75) is 77.0 Å². The van der Waals surface area contributed by atoms with E-state index >= 15 is 0 Å². The average molecular weight is 418 g/mol. The smallest absolute Gasteiger partial charge is 0.273 e. The molecule has 5 rings (SSSR count). The van der Waals surface area contributed by atoms with Crippen LogP contribution in [-0.4, -0.2) is 50.8 Å². The molecule has 31 heavy (non-hydrogen) atoms. The molecule has 3 aliphatic rings. The first-order chi connectivity index (χ1) is 14.9. The van der Waals surface area contributed by atoms with E-state index in [1.165, 1.54) is 5.56 Å². The zero-order valence-electron chi connectivity index (χ0n) is 18.6. The van der Waals surface area contributed by atoms with Crippen LogP contribution in [0.5, 0.6) is 0 Å². The van der Waals surface area contributed by atoms with Crippen LogP contribution in [0.25, 0.3) is 0 Å². The van der Waals surface area contributed by atoms with Gasteiger partial charge in [-0.15, -0.1) is 0 Å². The number of likely N-dealkylation sites (tertiary alicyclic amines) is 2. The van der Waals surface area contributed by atoms with Gasteiger partial charge in [0, 0.05) is 30.6 Å². The number of piperidine rings is 1. The zero-order valence-corrected chi connectivity index (χ0v) is 18.6. The van der Waals surface area contributed by atoms with E-state index < -0.39 is 0 Å². The second-order valence-electron chi connectivity index (χ2n) is 9.80. The third-order valence-electron chi connectivity index (χ3n) is 8.05. The molecule has 0 spiro atoms. The summed E-state index contributed by atoms with van der Waals surface area (Å²) in [6.45, 7) is 5.96. The van der Waals surface area contributed by atoms with Gasteiger partial charge in [-0.3, -0.25) is 14.6 Å². The Labute approximate surface area is 184 Å². The van der Waals surface area contributed by atoms with Crippen LogP contribution in [0.2, 0.25) is 0 Å². The Kier molecular flexibility index (Phi) is 4.87. The molecule has 3 fully saturated rings. The van der Waals surface area contributed by atoms with Crippen LogP contribution in [0.1, 0.15) is 61.1 Å². The first-order valence-corrected chi connectivity index (χ1v) is 11.5. The number of amides is 2. The number of aromatic nitrogens is 1. The van der Waals surface area contributed by atoms with E-state index in [0.29, 0.717) is 5.69 Å². The van der Waals surface area contributed by atoms with E-state index in [0.717, 1.165) is 37.7 Å². The van der Waals surface area contributed by atoms with Crippen molar-refractivity contribution < 1.29 is 9.59 Å². The molecule has 1 saturated carbocycles. The summed E-state index contributed by atoms with van der Waals surface area (Å²) < 4.78 is 0. The Morgan fingerprint density at radius 1 is 1.06 bits per heavy atom. The van der Waals surface area contributed by atoms with Gasteiger partial charge in [0.2, 0.25) is 5.91 Å². The van der Waals surface area contributed by atoms with Gasteiger partial charge in [0.1, 0.15) is 5.69 Å². The third kappa shape index (κ3) is 3.08. The third-order valence-corrected chi connectivity index (χ3v) is 8.05. The molecule has 2 aromatic rings. The Bertz CT molecular complexity index is 1010. The van der Waals surface area contributed by atoms with Crippen molar-refractivity contribution in [1.82, 2.24) is 14.8 Å². The van der Waals surface area contributed by atoms with Gasteiger partial charge in [-0.1, -0.05) is 43.3 Å². The molecule has 162 valence electrons. The van der Waals surface area contributed by atoms with Crippen LogP contribution in [0.3, 0.4) is 0 Å². The molecule has 2 saturated heterocycles. The highest BCUT2D eigenvalue weighted by atomic mass is 16.2. The molecule has 2 bridgehead atoms. The number of hydrogen-bond donors (Lipinski definition) is 0. The van der Waals surface area contributed by atoms with E-state index in [1.54, 1.807) is 13.1 Å². The molecule has 2 aliphatic heterocycles. The normalized spacial score (nSPS) is 31.6. The number of hydrogen-bond acceptors (Lipinski definition) is 3. The minimum Gasteiger partial charge on any atom is -0.334 e. The lowest BCUT2D eigenvalue weighted by Gasteiger charge is -2.52. The van der Waals surface area contributed by atoms with Gasteiger partial charge in [-0.05, 0) is 56.2 Å². The summed E-state index contributed by atoms with van der Waals surface area (Å²) >= 11 is 0. The first kappa shape index (κ1) is 20.2. The number of benzene rings is 1. The molecule has 0 unspecified atom stereocenters. The SMILES string of the molecule is CC(=O)N1[C@H](Cc2ccccc2)[C@@H]2C[C@@]3(C)[C@H](CCC[C@@H]13)N2C(=O)c1ncccc1C. The van der Waals surface area contributed by atoms with Crippen molar-refractivity contribution >= 4 is 11.8 Å². The second-order valence-corrected chi connectivity index (χ2v) is 9.80. The van der Waals surface area contributed by atoms with Gasteiger partial charge in [-0.2, -0.15) is 0 Å². The molecule has 2 amide bonds. The van der Waals surface area contributed by atoms with Gasteiger partial charge in [0.05, 0.1) is 12.1 Å². The highest BCUT2D eigenvalue weighted by molar-refractivity contribution is 5.94. The predicted octanol–water partition coefficient (Wildman–Crippen LogP) is 4.01. The molecule has 1 aliphatic carbocycles. The lowest BCUT2D eigenvalue weighted by atomic mass is 9.64. The van der Waals surface area contributed by atoms with E-state index in [9.17, 15) is 9.59 Å². The van der Waals surface area contributed by atoms with Crippen LogP contribution in [0, 0.1) is 12.3 Å². The maximum atomic E-state index is 13.9. The van der Waals surface area contributed by atoms with E-state index in [-0.39, 0.29) is 41.4 Å². The second kappa shape index (κ2) is 7.47. The highest BCUT2D eigenvalue weighted by Gasteiger charge is 2.64. The van der Waals surface area contributed by atoms with Crippen molar-refractivity contribution in [3.8, 4) is 0 Å². The van der Waals surface area contributed by atoms with Crippen molar-refractivity contribution in [2.75, 3.05) is 0 Å². The van der Waals surface area contributed by atoms with Crippen LogP contribution < -0.4 is 0 Å². The molecule has 1 aromatic heterocycles. The van der Waals surface area contributed by atoms with Crippen molar-refractivity contribution in [3.05, 3.63) is 65.5 Å². The summed E-state index contributed by atoms with van der Waals surface area (Å²) in [5, 5.41) is 0. The Hall–Kier alpha value is -2.69. The fourth-order valence-electron chi connectivity index (χ4n) is 6.76. The van der Waals surface area contributed by atoms with E-state index in [4.69, 9.17) is 0 Å². The van der Waals surface area contributed by atoms with Crippen LogP contribution in [0.15, 0.2) is 48.7 Å². The average Bonchev–Trinajstić information content (AvgIpc) is 3.06. The molecular weight excluding hydrogens is 386 g/mol. The molecule has 5 heteroatoms. The largest absolute Gasteiger partial charge is 0.334 e. The van der Waals surface area contributed by atoms with Gasteiger partial charge in [-0.25, -0.2) is 0 Å². The van der Waals surface area contributed by atoms with Crippen LogP contribution in [-0.2, 0) is 11.2 Å². The standard InChI is InChI=1S/C26H31N3O2/c1-17-9-8-14-27-24(17)25(31)29-21-16-26(3)22(12-7-13-23(26)29)28(18(2)30)20(21)15-19-10-5-4-6-11-19/h4-6,8-11,14,20-23H,7,12-13,15-16H2,1-3H3/t20-,21+,22-,23+,26-/m1/s1. The monoisotopic (exact) mass is 417 g/mol. The lowest BCUT2D eigenvalue weighted by Crippen LogP contribution is -2.62. The summed E-state index contributed by atoms with van der Waals surface area (Å²) in [6, 6.07) is 14.6. The molecule has 1 aromatic carbocycles. The number of fused-ring (bicyclic) bond motifs is 1. The quantitative estimate of drug-likeness (QED) is 0.758. The number of carbonyl (C=O) groups excluding carboxylic acids is 2. The Morgan fingerprint density at radius 2 is 1.77 bits per heavy atom. The van der Waals surface area contributed by atoms with Gasteiger partial charge < -0.3 is 9.80 Å². The summed E-state index contributed by atoms with van der Waals surface area (Å²) in [6.07, 6.45) is 6.51. The van der Waals surface area contributed by atoms with Gasteiger partial charge in [0.25, 0.3) is 5.91 Å². The lowest BCUT2D eigenvalue weighted by molar-refractivity contribution is -0.142. The van der Waals surface area contributed by atoms with Crippen LogP contribution >= 0.6 is 0 Å². The molecule has 0 radical (unpaired) electrons. The number of aryl methyl sites for hydroxylation is 1. The summed E-state index contributed by atoms with van der Waals surface area (Å²) in [4.78, 5) is 35.6. The fraction of sp³-hybridized carbons (Fsp3) is 0.500. The minimum absolute atomic E-state index is 0.00552. The van der Waals surface area contributed by atoms with Crippen molar-refractivity contribution in [1.29, 1.82) is 0 Å². The zero-order chi connectivity index (χ0) is 21.8. The van der Waals surface area contributed by atoms with Crippen molar-refractivity contribution in [2.24, 2.45) is 5.41 Å². The topological polar surface area (TPSA) is 53.5 Å². The number of rotatable bonds is 3. The fourth-order valence-corrected chi connectivity index (χ4v) is 6.76. The minimum atomic E-state index is -0.0554. The van der Waals surface area contributed by atoms with Gasteiger partial charge >= 0.3 is 0 Å². The molecule has 5 atom stereocenters. The molecular formula is C26H31N3O2. The summed E-state index contributed by atoms with van der Waals surface area (Å²) in [5.41, 5.74) is 2.62. The first-order valence-electron chi connectivity index (χ1n) is 11.5. The maximum Gasteiger partial charge on any atom is 0.273 e. The number of nitrogens with zero attached hydrogens (tertiary/aromatic N) is 3. The number of pyridine rings is 1.